The van der Waals surface area contributed by atoms with Crippen molar-refractivity contribution in [2.75, 3.05) is 0 Å². The van der Waals surface area contributed by atoms with Crippen LogP contribution in [0.3, 0.4) is 0 Å². The van der Waals surface area contributed by atoms with Gasteiger partial charge < -0.3 is 9.13 Å². The van der Waals surface area contributed by atoms with E-state index in [0.29, 0.717) is 34.2 Å². The molecule has 5 nitrogen and oxygen atoms in total. The maximum atomic E-state index is 16.1. The zero-order valence-corrected chi connectivity index (χ0v) is 33.7. The molecule has 0 atom stereocenters. The van der Waals surface area contributed by atoms with Crippen LogP contribution in [0.1, 0.15) is 16.7 Å². The van der Waals surface area contributed by atoms with Crippen LogP contribution in [0.2, 0.25) is 0 Å². The fourth-order valence-electron chi connectivity index (χ4n) is 9.02. The van der Waals surface area contributed by atoms with E-state index in [1.165, 1.54) is 12.1 Å². The molecule has 0 unspecified atom stereocenters. The lowest BCUT2D eigenvalue weighted by molar-refractivity contribution is -0.137. The molecule has 62 heavy (non-hydrogen) atoms. The van der Waals surface area contributed by atoms with E-state index in [0.717, 1.165) is 65.9 Å². The Morgan fingerprint density at radius 2 is 0.823 bits per heavy atom. The molecule has 0 bridgehead atoms. The molecule has 8 aromatic carbocycles. The van der Waals surface area contributed by atoms with Gasteiger partial charge in [0.15, 0.2) is 17.5 Å². The minimum Gasteiger partial charge on any atom is -0.309 e. The van der Waals surface area contributed by atoms with E-state index >= 15 is 13.2 Å². The minimum atomic E-state index is -4.76. The van der Waals surface area contributed by atoms with Gasteiger partial charge in [-0.2, -0.15) is 13.2 Å². The van der Waals surface area contributed by atoms with Crippen LogP contribution in [0.25, 0.3) is 100 Å². The van der Waals surface area contributed by atoms with Crippen LogP contribution in [0.15, 0.2) is 182 Å². The molecule has 0 aliphatic rings. The number of para-hydroxylation sites is 2. The van der Waals surface area contributed by atoms with E-state index < -0.39 is 11.7 Å². The van der Waals surface area contributed by atoms with Crippen molar-refractivity contribution in [2.24, 2.45) is 0 Å². The first-order valence-corrected chi connectivity index (χ1v) is 20.4. The van der Waals surface area contributed by atoms with Crippen molar-refractivity contribution in [1.29, 1.82) is 0 Å². The van der Waals surface area contributed by atoms with Gasteiger partial charge in [-0.1, -0.05) is 139 Å². The Balaban J connectivity index is 1.34. The van der Waals surface area contributed by atoms with Crippen LogP contribution in [0.5, 0.6) is 0 Å². The molecule has 0 radical (unpaired) electrons. The van der Waals surface area contributed by atoms with Gasteiger partial charge in [0.1, 0.15) is 0 Å². The minimum absolute atomic E-state index is 0.00908. The van der Waals surface area contributed by atoms with Crippen molar-refractivity contribution in [3.05, 3.63) is 199 Å². The number of halogens is 3. The number of hydrogen-bond acceptors (Lipinski definition) is 3. The molecule has 298 valence electrons. The number of aryl methyl sites for hydroxylation is 2. The second kappa shape index (κ2) is 14.4. The summed E-state index contributed by atoms with van der Waals surface area (Å²) < 4.78 is 52.4. The molecule has 0 aliphatic carbocycles. The average Bonchev–Trinajstić information content (AvgIpc) is 3.80. The summed E-state index contributed by atoms with van der Waals surface area (Å²) in [5.41, 5.74) is 7.85. The summed E-state index contributed by atoms with van der Waals surface area (Å²) in [5.74, 6) is 1.05. The van der Waals surface area contributed by atoms with Crippen LogP contribution in [-0.2, 0) is 6.18 Å². The van der Waals surface area contributed by atoms with Crippen LogP contribution in [-0.4, -0.2) is 24.1 Å². The summed E-state index contributed by atoms with van der Waals surface area (Å²) in [6, 6.07) is 57.6. The third-order valence-corrected chi connectivity index (χ3v) is 11.7. The Labute approximate surface area is 355 Å². The van der Waals surface area contributed by atoms with E-state index in [1.54, 1.807) is 6.07 Å². The zero-order valence-electron chi connectivity index (χ0n) is 33.7. The highest BCUT2D eigenvalue weighted by Gasteiger charge is 2.38. The summed E-state index contributed by atoms with van der Waals surface area (Å²) in [6.45, 7) is 4.07. The molecule has 3 aromatic heterocycles. The fraction of sp³-hybridized carbons (Fsp3) is 0.0556. The van der Waals surface area contributed by atoms with Crippen molar-refractivity contribution in [2.45, 2.75) is 20.0 Å². The van der Waals surface area contributed by atoms with Gasteiger partial charge in [-0.3, -0.25) is 0 Å². The van der Waals surface area contributed by atoms with Gasteiger partial charge in [0.25, 0.3) is 0 Å². The van der Waals surface area contributed by atoms with Gasteiger partial charge in [0, 0.05) is 49.4 Å². The van der Waals surface area contributed by atoms with E-state index in [9.17, 15) is 0 Å². The number of aromatic nitrogens is 5. The second-order valence-corrected chi connectivity index (χ2v) is 15.7. The Bertz CT molecular complexity index is 3470. The lowest BCUT2D eigenvalue weighted by Crippen LogP contribution is -2.12. The Morgan fingerprint density at radius 3 is 1.34 bits per heavy atom. The van der Waals surface area contributed by atoms with Gasteiger partial charge in [-0.05, 0) is 68.4 Å². The van der Waals surface area contributed by atoms with E-state index in [4.69, 9.17) is 15.0 Å². The standard InChI is InChI=1S/C54H36F3N5/c1-33-27-29-45-40(31-33)37-19-9-11-23-43(37)61(45)47-25-13-21-39(53-59-51(35-15-5-3-6-16-35)58-52(60-53)36-17-7-4-8-18-36)49(47)50-42(54(55,56)57)22-14-26-48(50)62-44-24-12-10-20-38(44)41-32-34(2)28-30-46(41)62/h3-32H,1-2H3. The first kappa shape index (κ1) is 37.2. The predicted molar refractivity (Wildman–Crippen MR) is 245 cm³/mol. The molecule has 11 aromatic rings. The summed E-state index contributed by atoms with van der Waals surface area (Å²) in [7, 11) is 0. The van der Waals surface area contributed by atoms with Gasteiger partial charge in [0.2, 0.25) is 0 Å². The molecular formula is C54H36F3N5. The van der Waals surface area contributed by atoms with Gasteiger partial charge in [0.05, 0.1) is 39.0 Å². The monoisotopic (exact) mass is 811 g/mol. The quantitative estimate of drug-likeness (QED) is 0.168. The number of hydrogen-bond donors (Lipinski definition) is 0. The highest BCUT2D eigenvalue weighted by Crippen LogP contribution is 2.49. The number of nitrogens with zero attached hydrogens (tertiary/aromatic N) is 5. The molecule has 3 heterocycles. The zero-order chi connectivity index (χ0) is 42.1. The Kier molecular flexibility index (Phi) is 8.65. The van der Waals surface area contributed by atoms with Crippen molar-refractivity contribution < 1.29 is 13.2 Å². The topological polar surface area (TPSA) is 48.5 Å². The molecule has 0 aliphatic heterocycles. The van der Waals surface area contributed by atoms with Crippen LogP contribution < -0.4 is 0 Å². The van der Waals surface area contributed by atoms with E-state index in [1.807, 2.05) is 158 Å². The van der Waals surface area contributed by atoms with Crippen molar-refractivity contribution in [3.63, 3.8) is 0 Å². The average molecular weight is 812 g/mol. The van der Waals surface area contributed by atoms with E-state index in [-0.39, 0.29) is 11.4 Å². The summed E-state index contributed by atoms with van der Waals surface area (Å²) in [6.07, 6.45) is -4.76. The van der Waals surface area contributed by atoms with Crippen LogP contribution >= 0.6 is 0 Å². The Morgan fingerprint density at radius 1 is 0.387 bits per heavy atom. The lowest BCUT2D eigenvalue weighted by atomic mass is 9.90. The summed E-state index contributed by atoms with van der Waals surface area (Å²) in [5, 5.41) is 3.88. The molecule has 0 N–H and O–H groups in total. The smallest absolute Gasteiger partial charge is 0.309 e. The van der Waals surface area contributed by atoms with Crippen LogP contribution in [0.4, 0.5) is 13.2 Å². The largest absolute Gasteiger partial charge is 0.417 e. The highest BCUT2D eigenvalue weighted by atomic mass is 19.4. The molecule has 8 heteroatoms. The fourth-order valence-corrected chi connectivity index (χ4v) is 9.02. The molecular weight excluding hydrogens is 776 g/mol. The van der Waals surface area contributed by atoms with Gasteiger partial charge in [-0.15, -0.1) is 0 Å². The maximum Gasteiger partial charge on any atom is 0.417 e. The van der Waals surface area contributed by atoms with Crippen molar-refractivity contribution >= 4 is 43.6 Å². The normalized spacial score (nSPS) is 12.0. The SMILES string of the molecule is Cc1ccc2c(c1)c1ccccc1n2-c1cccc(-c2nc(-c3ccccc3)nc(-c3ccccc3)n2)c1-c1c(-n2c3ccccc3c3cc(C)ccc32)cccc1C(F)(F)F. The first-order chi connectivity index (χ1) is 30.2. The molecule has 0 spiro atoms. The summed E-state index contributed by atoms with van der Waals surface area (Å²) >= 11 is 0. The van der Waals surface area contributed by atoms with Crippen LogP contribution in [0, 0.1) is 13.8 Å². The van der Waals surface area contributed by atoms with E-state index in [2.05, 4.69) is 28.8 Å². The first-order valence-electron chi connectivity index (χ1n) is 20.4. The molecule has 0 fully saturated rings. The number of fused-ring (bicyclic) bond motifs is 6. The van der Waals surface area contributed by atoms with Gasteiger partial charge in [-0.25, -0.2) is 15.0 Å². The van der Waals surface area contributed by atoms with Crippen molar-refractivity contribution in [3.8, 4) is 56.7 Å². The highest BCUT2D eigenvalue weighted by molar-refractivity contribution is 6.12. The maximum absolute atomic E-state index is 16.1. The molecule has 0 saturated carbocycles. The predicted octanol–water partition coefficient (Wildman–Crippen LogP) is 14.4. The van der Waals surface area contributed by atoms with Crippen molar-refractivity contribution in [1.82, 2.24) is 24.1 Å². The molecule has 11 rings (SSSR count). The summed E-state index contributed by atoms with van der Waals surface area (Å²) in [4.78, 5) is 15.2. The number of benzene rings is 8. The number of alkyl halides is 3. The molecule has 0 saturated heterocycles. The Hall–Kier alpha value is -7.84. The molecule has 0 amide bonds. The lowest BCUT2D eigenvalue weighted by Gasteiger charge is -2.24. The number of rotatable bonds is 6. The third-order valence-electron chi connectivity index (χ3n) is 11.7. The third kappa shape index (κ3) is 6.05. The van der Waals surface area contributed by atoms with Gasteiger partial charge >= 0.3 is 6.18 Å². The second-order valence-electron chi connectivity index (χ2n) is 15.7.